The highest BCUT2D eigenvalue weighted by Gasteiger charge is 2.12. The number of nitrogens with one attached hydrogen (secondary N) is 1. The first-order valence-electron chi connectivity index (χ1n) is 6.50. The highest BCUT2D eigenvalue weighted by atomic mass is 79.9. The SMILES string of the molecule is CCNC(CCCS(C)(=O)=O)c1ccc(Br)c(C)c1. The number of aryl methyl sites for hydroxylation is 1. The number of halogens is 1. The predicted octanol–water partition coefficient (Wildman–Crippen LogP) is 3.23. The summed E-state index contributed by atoms with van der Waals surface area (Å²) in [5.41, 5.74) is 2.42. The standard InChI is InChI=1S/C14H22BrNO2S/c1-4-16-14(6-5-9-19(3,17)18)12-7-8-13(15)11(2)10-12/h7-8,10,14,16H,4-6,9H2,1-3H3. The molecule has 1 rings (SSSR count). The number of sulfone groups is 1. The fraction of sp³-hybridized carbons (Fsp3) is 0.571. The molecule has 0 spiro atoms. The summed E-state index contributed by atoms with van der Waals surface area (Å²) in [4.78, 5) is 0. The maximum atomic E-state index is 11.2. The molecule has 0 saturated heterocycles. The van der Waals surface area contributed by atoms with Crippen molar-refractivity contribution in [2.45, 2.75) is 32.7 Å². The van der Waals surface area contributed by atoms with Gasteiger partial charge in [-0.1, -0.05) is 35.0 Å². The Morgan fingerprint density at radius 2 is 2.05 bits per heavy atom. The van der Waals surface area contributed by atoms with E-state index in [-0.39, 0.29) is 11.8 Å². The van der Waals surface area contributed by atoms with Gasteiger partial charge < -0.3 is 5.32 Å². The molecule has 0 saturated carbocycles. The Morgan fingerprint density at radius 3 is 2.58 bits per heavy atom. The van der Waals surface area contributed by atoms with Crippen LogP contribution in [0.1, 0.15) is 36.9 Å². The zero-order valence-corrected chi connectivity index (χ0v) is 14.1. The van der Waals surface area contributed by atoms with Gasteiger partial charge in [0.15, 0.2) is 0 Å². The Balaban J connectivity index is 2.73. The molecule has 108 valence electrons. The molecule has 0 fully saturated rings. The normalized spacial score (nSPS) is 13.5. The molecule has 1 aromatic carbocycles. The molecule has 1 N–H and O–H groups in total. The summed E-state index contributed by atoms with van der Waals surface area (Å²) in [6.07, 6.45) is 2.81. The molecular formula is C14H22BrNO2S. The van der Waals surface area contributed by atoms with Crippen molar-refractivity contribution in [3.8, 4) is 0 Å². The molecule has 19 heavy (non-hydrogen) atoms. The van der Waals surface area contributed by atoms with Gasteiger partial charge in [0.1, 0.15) is 9.84 Å². The zero-order valence-electron chi connectivity index (χ0n) is 11.7. The van der Waals surface area contributed by atoms with Crippen molar-refractivity contribution < 1.29 is 8.42 Å². The zero-order chi connectivity index (χ0) is 14.5. The van der Waals surface area contributed by atoms with Crippen LogP contribution in [0.3, 0.4) is 0 Å². The van der Waals surface area contributed by atoms with Crippen LogP contribution in [0.15, 0.2) is 22.7 Å². The third kappa shape index (κ3) is 6.06. The minimum absolute atomic E-state index is 0.221. The fourth-order valence-corrected chi connectivity index (χ4v) is 3.00. The molecule has 0 amide bonds. The second-order valence-corrected chi connectivity index (χ2v) is 8.01. The molecular weight excluding hydrogens is 326 g/mol. The van der Waals surface area contributed by atoms with Crippen LogP contribution >= 0.6 is 15.9 Å². The van der Waals surface area contributed by atoms with Crippen molar-refractivity contribution in [1.82, 2.24) is 5.32 Å². The lowest BCUT2D eigenvalue weighted by Gasteiger charge is -2.19. The van der Waals surface area contributed by atoms with E-state index in [9.17, 15) is 8.42 Å². The molecule has 1 aromatic rings. The molecule has 0 bridgehead atoms. The fourth-order valence-electron chi connectivity index (χ4n) is 2.07. The topological polar surface area (TPSA) is 46.2 Å². The van der Waals surface area contributed by atoms with E-state index in [1.54, 1.807) is 0 Å². The van der Waals surface area contributed by atoms with Crippen LogP contribution < -0.4 is 5.32 Å². The molecule has 0 aromatic heterocycles. The van der Waals surface area contributed by atoms with E-state index in [1.165, 1.54) is 17.4 Å². The van der Waals surface area contributed by atoms with E-state index in [0.717, 1.165) is 17.4 Å². The first-order valence-corrected chi connectivity index (χ1v) is 9.36. The third-order valence-corrected chi connectivity index (χ3v) is 4.96. The first-order chi connectivity index (χ1) is 8.83. The second-order valence-electron chi connectivity index (χ2n) is 4.89. The summed E-state index contributed by atoms with van der Waals surface area (Å²) in [5, 5.41) is 3.42. The quantitative estimate of drug-likeness (QED) is 0.823. The minimum atomic E-state index is -2.87. The molecule has 1 unspecified atom stereocenters. The number of benzene rings is 1. The molecule has 3 nitrogen and oxygen atoms in total. The van der Waals surface area contributed by atoms with Gasteiger partial charge >= 0.3 is 0 Å². The Bertz CT molecular complexity index is 514. The van der Waals surface area contributed by atoms with Gasteiger partial charge in [-0.25, -0.2) is 8.42 Å². The van der Waals surface area contributed by atoms with Gasteiger partial charge in [0.25, 0.3) is 0 Å². The lowest BCUT2D eigenvalue weighted by molar-refractivity contribution is 0.507. The smallest absolute Gasteiger partial charge is 0.147 e. The van der Waals surface area contributed by atoms with Crippen molar-refractivity contribution in [2.75, 3.05) is 18.6 Å². The highest BCUT2D eigenvalue weighted by molar-refractivity contribution is 9.10. The predicted molar refractivity (Wildman–Crippen MR) is 84.2 cm³/mol. The highest BCUT2D eigenvalue weighted by Crippen LogP contribution is 2.24. The molecule has 1 atom stereocenters. The van der Waals surface area contributed by atoms with Gasteiger partial charge in [-0.3, -0.25) is 0 Å². The van der Waals surface area contributed by atoms with Crippen LogP contribution in [0.4, 0.5) is 0 Å². The minimum Gasteiger partial charge on any atom is -0.310 e. The third-order valence-electron chi connectivity index (χ3n) is 3.04. The largest absolute Gasteiger partial charge is 0.310 e. The van der Waals surface area contributed by atoms with Crippen molar-refractivity contribution in [1.29, 1.82) is 0 Å². The van der Waals surface area contributed by atoms with E-state index in [0.29, 0.717) is 6.42 Å². The van der Waals surface area contributed by atoms with E-state index < -0.39 is 9.84 Å². The Labute approximate surface area is 124 Å². The number of hydrogen-bond acceptors (Lipinski definition) is 3. The molecule has 0 radical (unpaired) electrons. The van der Waals surface area contributed by atoms with Crippen LogP contribution in [0, 0.1) is 6.92 Å². The summed E-state index contributed by atoms with van der Waals surface area (Å²) in [5.74, 6) is 0.254. The van der Waals surface area contributed by atoms with Crippen molar-refractivity contribution >= 4 is 25.8 Å². The molecule has 0 aliphatic heterocycles. The summed E-state index contributed by atoms with van der Waals surface area (Å²) in [7, 11) is -2.87. The van der Waals surface area contributed by atoms with Crippen LogP contribution in [0.25, 0.3) is 0 Å². The molecule has 5 heteroatoms. The Morgan fingerprint density at radius 1 is 1.37 bits per heavy atom. The number of rotatable bonds is 7. The van der Waals surface area contributed by atoms with Crippen LogP contribution in [0.2, 0.25) is 0 Å². The monoisotopic (exact) mass is 347 g/mol. The van der Waals surface area contributed by atoms with E-state index in [4.69, 9.17) is 0 Å². The van der Waals surface area contributed by atoms with Crippen molar-refractivity contribution in [3.63, 3.8) is 0 Å². The van der Waals surface area contributed by atoms with Crippen molar-refractivity contribution in [2.24, 2.45) is 0 Å². The Kier molecular flexibility index (Phi) is 6.50. The molecule has 0 aliphatic carbocycles. The maximum absolute atomic E-state index is 11.2. The summed E-state index contributed by atoms with van der Waals surface area (Å²) in [6, 6.07) is 6.51. The van der Waals surface area contributed by atoms with Gasteiger partial charge in [0, 0.05) is 22.5 Å². The lowest BCUT2D eigenvalue weighted by atomic mass is 10.0. The summed E-state index contributed by atoms with van der Waals surface area (Å²) in [6.45, 7) is 5.00. The number of hydrogen-bond donors (Lipinski definition) is 1. The van der Waals surface area contributed by atoms with Crippen LogP contribution in [-0.4, -0.2) is 27.0 Å². The average molecular weight is 348 g/mol. The van der Waals surface area contributed by atoms with Gasteiger partial charge in [0.2, 0.25) is 0 Å². The molecule has 0 heterocycles. The second kappa shape index (κ2) is 7.41. The summed E-state index contributed by atoms with van der Waals surface area (Å²) < 4.78 is 23.5. The van der Waals surface area contributed by atoms with E-state index in [2.05, 4.69) is 47.2 Å². The van der Waals surface area contributed by atoms with Gasteiger partial charge in [-0.05, 0) is 43.5 Å². The maximum Gasteiger partial charge on any atom is 0.147 e. The van der Waals surface area contributed by atoms with E-state index >= 15 is 0 Å². The first kappa shape index (κ1) is 16.7. The van der Waals surface area contributed by atoms with Crippen molar-refractivity contribution in [3.05, 3.63) is 33.8 Å². The summed E-state index contributed by atoms with van der Waals surface area (Å²) >= 11 is 3.50. The van der Waals surface area contributed by atoms with Gasteiger partial charge in [-0.15, -0.1) is 0 Å². The lowest BCUT2D eigenvalue weighted by Crippen LogP contribution is -2.21. The van der Waals surface area contributed by atoms with Crippen LogP contribution in [-0.2, 0) is 9.84 Å². The van der Waals surface area contributed by atoms with E-state index in [1.807, 2.05) is 6.07 Å². The Hall–Kier alpha value is -0.390. The van der Waals surface area contributed by atoms with Gasteiger partial charge in [-0.2, -0.15) is 0 Å². The van der Waals surface area contributed by atoms with Gasteiger partial charge in [0.05, 0.1) is 0 Å². The van der Waals surface area contributed by atoms with Crippen LogP contribution in [0.5, 0.6) is 0 Å². The average Bonchev–Trinajstić information content (AvgIpc) is 2.30. The molecule has 0 aliphatic rings.